The Morgan fingerprint density at radius 1 is 1.07 bits per heavy atom. The van der Waals surface area contributed by atoms with E-state index in [0.29, 0.717) is 30.3 Å². The van der Waals surface area contributed by atoms with Crippen molar-refractivity contribution in [2.24, 2.45) is 0 Å². The van der Waals surface area contributed by atoms with Gasteiger partial charge in [0, 0.05) is 39.3 Å². The number of halogens is 1. The van der Waals surface area contributed by atoms with Crippen LogP contribution in [0, 0.1) is 5.82 Å². The van der Waals surface area contributed by atoms with Crippen LogP contribution in [-0.4, -0.2) is 56.8 Å². The molecule has 0 aliphatic carbocycles. The number of nitrogens with zero attached hydrogens (tertiary/aromatic N) is 2. The minimum atomic E-state index is -0.253. The number of urea groups is 1. The molecule has 2 aromatic rings. The van der Waals surface area contributed by atoms with Gasteiger partial charge >= 0.3 is 6.03 Å². The molecule has 0 saturated carbocycles. The van der Waals surface area contributed by atoms with Crippen LogP contribution in [0.2, 0.25) is 0 Å². The molecule has 1 saturated heterocycles. The summed E-state index contributed by atoms with van der Waals surface area (Å²) in [5.74, 6) is 0.478. The smallest absolute Gasteiger partial charge is 0.319 e. The van der Waals surface area contributed by atoms with E-state index in [9.17, 15) is 9.18 Å². The fourth-order valence-corrected chi connectivity index (χ4v) is 3.27. The SMILES string of the molecule is CCOc1ccccc1NC(=O)NCCN1CCN(c2ccccc2F)CC1. The van der Waals surface area contributed by atoms with E-state index in [4.69, 9.17) is 4.74 Å². The van der Waals surface area contributed by atoms with Crippen molar-refractivity contribution in [2.45, 2.75) is 6.92 Å². The highest BCUT2D eigenvalue weighted by atomic mass is 19.1. The van der Waals surface area contributed by atoms with Crippen molar-refractivity contribution in [3.05, 3.63) is 54.3 Å². The maximum Gasteiger partial charge on any atom is 0.319 e. The summed E-state index contributed by atoms with van der Waals surface area (Å²) in [5, 5.41) is 5.70. The summed E-state index contributed by atoms with van der Waals surface area (Å²) in [6.07, 6.45) is 0. The number of carbonyl (C=O) groups excluding carboxylic acids is 1. The summed E-state index contributed by atoms with van der Waals surface area (Å²) in [7, 11) is 0. The standard InChI is InChI=1S/C21H27FN4O2/c1-2-28-20-10-6-4-8-18(20)24-21(27)23-11-12-25-13-15-26(16-14-25)19-9-5-3-7-17(19)22/h3-10H,2,11-16H2,1H3,(H2,23,24,27). The summed E-state index contributed by atoms with van der Waals surface area (Å²) in [5.41, 5.74) is 1.31. The number of anilines is 2. The normalized spacial score (nSPS) is 14.6. The number of para-hydroxylation sites is 3. The Balaban J connectivity index is 1.39. The van der Waals surface area contributed by atoms with Crippen molar-refractivity contribution in [3.63, 3.8) is 0 Å². The van der Waals surface area contributed by atoms with E-state index in [1.54, 1.807) is 6.07 Å². The van der Waals surface area contributed by atoms with Crippen LogP contribution in [0.5, 0.6) is 5.75 Å². The third-order valence-corrected chi connectivity index (χ3v) is 4.71. The molecule has 2 aromatic carbocycles. The lowest BCUT2D eigenvalue weighted by molar-refractivity contribution is 0.240. The largest absolute Gasteiger partial charge is 0.492 e. The van der Waals surface area contributed by atoms with E-state index in [1.165, 1.54) is 6.07 Å². The fraction of sp³-hybridized carbons (Fsp3) is 0.381. The molecule has 1 aliphatic heterocycles. The molecular weight excluding hydrogens is 359 g/mol. The molecule has 1 heterocycles. The van der Waals surface area contributed by atoms with E-state index in [2.05, 4.69) is 20.4 Å². The highest BCUT2D eigenvalue weighted by Crippen LogP contribution is 2.23. The van der Waals surface area contributed by atoms with Gasteiger partial charge in [0.25, 0.3) is 0 Å². The molecule has 28 heavy (non-hydrogen) atoms. The maximum absolute atomic E-state index is 13.9. The quantitative estimate of drug-likeness (QED) is 0.768. The predicted octanol–water partition coefficient (Wildman–Crippen LogP) is 3.17. The van der Waals surface area contributed by atoms with Crippen molar-refractivity contribution in [1.29, 1.82) is 0 Å². The van der Waals surface area contributed by atoms with Gasteiger partial charge < -0.3 is 20.3 Å². The lowest BCUT2D eigenvalue weighted by Gasteiger charge is -2.36. The van der Waals surface area contributed by atoms with E-state index in [-0.39, 0.29) is 11.8 Å². The molecule has 0 spiro atoms. The molecule has 6 nitrogen and oxygen atoms in total. The second-order valence-electron chi connectivity index (χ2n) is 6.59. The predicted molar refractivity (Wildman–Crippen MR) is 110 cm³/mol. The van der Waals surface area contributed by atoms with Crippen molar-refractivity contribution in [2.75, 3.05) is 56.1 Å². The van der Waals surface area contributed by atoms with Gasteiger partial charge in [0.1, 0.15) is 11.6 Å². The Morgan fingerprint density at radius 2 is 1.79 bits per heavy atom. The lowest BCUT2D eigenvalue weighted by atomic mass is 10.2. The van der Waals surface area contributed by atoms with Crippen LogP contribution < -0.4 is 20.3 Å². The van der Waals surface area contributed by atoms with Crippen LogP contribution in [0.1, 0.15) is 6.92 Å². The van der Waals surface area contributed by atoms with E-state index < -0.39 is 0 Å². The maximum atomic E-state index is 13.9. The first kappa shape index (κ1) is 19.9. The van der Waals surface area contributed by atoms with E-state index in [0.717, 1.165) is 32.7 Å². The molecule has 150 valence electrons. The Labute approximate surface area is 165 Å². The zero-order valence-electron chi connectivity index (χ0n) is 16.2. The first-order chi connectivity index (χ1) is 13.7. The molecular formula is C21H27FN4O2. The number of amides is 2. The second-order valence-corrected chi connectivity index (χ2v) is 6.59. The van der Waals surface area contributed by atoms with Crippen molar-refractivity contribution in [1.82, 2.24) is 10.2 Å². The minimum Gasteiger partial charge on any atom is -0.492 e. The second kappa shape index (κ2) is 9.94. The fourth-order valence-electron chi connectivity index (χ4n) is 3.27. The molecule has 0 unspecified atom stereocenters. The molecule has 2 amide bonds. The van der Waals surface area contributed by atoms with Crippen LogP contribution >= 0.6 is 0 Å². The average Bonchev–Trinajstić information content (AvgIpc) is 2.71. The van der Waals surface area contributed by atoms with Gasteiger partial charge in [-0.05, 0) is 31.2 Å². The number of ether oxygens (including phenoxy) is 1. The zero-order valence-corrected chi connectivity index (χ0v) is 16.2. The monoisotopic (exact) mass is 386 g/mol. The van der Waals surface area contributed by atoms with Crippen LogP contribution in [-0.2, 0) is 0 Å². The Kier molecular flexibility index (Phi) is 7.08. The molecule has 0 radical (unpaired) electrons. The van der Waals surface area contributed by atoms with Crippen LogP contribution in [0.3, 0.4) is 0 Å². The topological polar surface area (TPSA) is 56.8 Å². The van der Waals surface area contributed by atoms with Gasteiger partial charge in [-0.25, -0.2) is 9.18 Å². The van der Waals surface area contributed by atoms with Crippen LogP contribution in [0.4, 0.5) is 20.6 Å². The van der Waals surface area contributed by atoms with Gasteiger partial charge in [-0.15, -0.1) is 0 Å². The van der Waals surface area contributed by atoms with Gasteiger partial charge in [0.05, 0.1) is 18.0 Å². The first-order valence-corrected chi connectivity index (χ1v) is 9.66. The average molecular weight is 386 g/mol. The van der Waals surface area contributed by atoms with E-state index in [1.807, 2.05) is 43.3 Å². The Bertz CT molecular complexity index is 779. The van der Waals surface area contributed by atoms with Gasteiger partial charge in [-0.3, -0.25) is 4.90 Å². The third-order valence-electron chi connectivity index (χ3n) is 4.71. The molecule has 2 N–H and O–H groups in total. The minimum absolute atomic E-state index is 0.179. The molecule has 0 aromatic heterocycles. The summed E-state index contributed by atoms with van der Waals surface area (Å²) >= 11 is 0. The highest BCUT2D eigenvalue weighted by Gasteiger charge is 2.19. The lowest BCUT2D eigenvalue weighted by Crippen LogP contribution is -2.49. The molecule has 1 aliphatic rings. The summed E-state index contributed by atoms with van der Waals surface area (Å²) in [6, 6.07) is 14.0. The van der Waals surface area contributed by atoms with Crippen molar-refractivity contribution in [3.8, 4) is 5.75 Å². The van der Waals surface area contributed by atoms with Crippen LogP contribution in [0.15, 0.2) is 48.5 Å². The van der Waals surface area contributed by atoms with Gasteiger partial charge in [-0.1, -0.05) is 24.3 Å². The third kappa shape index (κ3) is 5.36. The number of piperazine rings is 1. The summed E-state index contributed by atoms with van der Waals surface area (Å²) in [6.45, 7) is 6.97. The molecule has 1 fully saturated rings. The Morgan fingerprint density at radius 3 is 2.54 bits per heavy atom. The number of hydrogen-bond donors (Lipinski definition) is 2. The van der Waals surface area contributed by atoms with Gasteiger partial charge in [-0.2, -0.15) is 0 Å². The number of rotatable bonds is 7. The van der Waals surface area contributed by atoms with E-state index >= 15 is 0 Å². The molecule has 7 heteroatoms. The first-order valence-electron chi connectivity index (χ1n) is 9.66. The van der Waals surface area contributed by atoms with Gasteiger partial charge in [0.2, 0.25) is 0 Å². The van der Waals surface area contributed by atoms with Crippen molar-refractivity contribution < 1.29 is 13.9 Å². The highest BCUT2D eigenvalue weighted by molar-refractivity contribution is 5.90. The van der Waals surface area contributed by atoms with Crippen molar-refractivity contribution >= 4 is 17.4 Å². The summed E-state index contributed by atoms with van der Waals surface area (Å²) in [4.78, 5) is 16.5. The molecule has 0 bridgehead atoms. The summed E-state index contributed by atoms with van der Waals surface area (Å²) < 4.78 is 19.4. The number of benzene rings is 2. The Hall–Kier alpha value is -2.80. The molecule has 3 rings (SSSR count). The number of hydrogen-bond acceptors (Lipinski definition) is 4. The van der Waals surface area contributed by atoms with Gasteiger partial charge in [0.15, 0.2) is 0 Å². The molecule has 0 atom stereocenters. The zero-order chi connectivity index (χ0) is 19.8. The number of nitrogens with one attached hydrogen (secondary N) is 2. The van der Waals surface area contributed by atoms with Crippen LogP contribution in [0.25, 0.3) is 0 Å². The number of carbonyl (C=O) groups is 1.